The molecule has 0 spiro atoms. The van der Waals surface area contributed by atoms with E-state index in [1.165, 1.54) is 17.0 Å². The second-order valence-corrected chi connectivity index (χ2v) is 8.00. The molecule has 4 aromatic rings. The van der Waals surface area contributed by atoms with Crippen LogP contribution >= 0.6 is 11.3 Å². The maximum Gasteiger partial charge on any atom is 0.258 e. The van der Waals surface area contributed by atoms with E-state index in [-0.39, 0.29) is 0 Å². The van der Waals surface area contributed by atoms with Gasteiger partial charge in [-0.05, 0) is 36.4 Å². The first-order chi connectivity index (χ1) is 14.7. The Morgan fingerprint density at radius 3 is 2.63 bits per heavy atom. The number of hydrogen-bond acceptors (Lipinski definition) is 7. The molecule has 0 saturated carbocycles. The van der Waals surface area contributed by atoms with Gasteiger partial charge in [-0.15, -0.1) is 11.3 Å². The van der Waals surface area contributed by atoms with E-state index in [4.69, 9.17) is 10.5 Å². The normalized spacial score (nSPS) is 14.2. The number of nitrogens with two attached hydrogens (primary N) is 1. The summed E-state index contributed by atoms with van der Waals surface area (Å²) < 4.78 is 7.37. The van der Waals surface area contributed by atoms with Crippen LogP contribution in [0, 0.1) is 0 Å². The lowest BCUT2D eigenvalue weighted by molar-refractivity contribution is 0.100. The van der Waals surface area contributed by atoms with Crippen LogP contribution in [0.5, 0.6) is 0 Å². The smallest absolute Gasteiger partial charge is 0.258 e. The molecule has 8 nitrogen and oxygen atoms in total. The van der Waals surface area contributed by atoms with Gasteiger partial charge in [-0.3, -0.25) is 9.20 Å². The molecule has 1 saturated heterocycles. The van der Waals surface area contributed by atoms with Gasteiger partial charge in [0, 0.05) is 36.9 Å². The number of thiophene rings is 1. The molecule has 3 aromatic heterocycles. The molecule has 1 aliphatic heterocycles. The van der Waals surface area contributed by atoms with Gasteiger partial charge in [0.15, 0.2) is 11.5 Å². The highest BCUT2D eigenvalue weighted by Crippen LogP contribution is 2.30. The second-order valence-electron chi connectivity index (χ2n) is 6.91. The summed E-state index contributed by atoms with van der Waals surface area (Å²) in [6, 6.07) is 11.9. The Labute approximate surface area is 176 Å². The summed E-state index contributed by atoms with van der Waals surface area (Å²) in [5.41, 5.74) is 9.06. The van der Waals surface area contributed by atoms with E-state index in [2.05, 4.69) is 32.3 Å². The summed E-state index contributed by atoms with van der Waals surface area (Å²) >= 11 is 1.34. The molecule has 152 valence electrons. The summed E-state index contributed by atoms with van der Waals surface area (Å²) in [4.78, 5) is 24.2. The average molecular weight is 420 g/mol. The van der Waals surface area contributed by atoms with Crippen LogP contribution in [0.3, 0.4) is 0 Å². The molecule has 0 unspecified atom stereocenters. The van der Waals surface area contributed by atoms with E-state index in [0.29, 0.717) is 16.3 Å². The molecule has 1 aromatic carbocycles. The van der Waals surface area contributed by atoms with Crippen molar-refractivity contribution in [3.63, 3.8) is 0 Å². The number of nitrogens with one attached hydrogen (secondary N) is 1. The number of rotatable bonds is 5. The molecular weight excluding hydrogens is 400 g/mol. The van der Waals surface area contributed by atoms with Crippen LogP contribution in [0.1, 0.15) is 9.67 Å². The van der Waals surface area contributed by atoms with Gasteiger partial charge >= 0.3 is 0 Å². The van der Waals surface area contributed by atoms with Gasteiger partial charge in [0.1, 0.15) is 0 Å². The van der Waals surface area contributed by atoms with Crippen LogP contribution < -0.4 is 16.0 Å². The molecule has 1 amide bonds. The van der Waals surface area contributed by atoms with Crippen molar-refractivity contribution in [2.45, 2.75) is 0 Å². The first kappa shape index (κ1) is 18.6. The van der Waals surface area contributed by atoms with Crippen molar-refractivity contribution in [2.24, 2.45) is 5.73 Å². The third-order valence-corrected chi connectivity index (χ3v) is 6.16. The number of amides is 1. The van der Waals surface area contributed by atoms with Crippen molar-refractivity contribution in [2.75, 3.05) is 36.5 Å². The maximum atomic E-state index is 11.4. The average Bonchev–Trinajstić information content (AvgIpc) is 3.46. The summed E-state index contributed by atoms with van der Waals surface area (Å²) in [5.74, 6) is 0.231. The summed E-state index contributed by atoms with van der Waals surface area (Å²) in [6.07, 6.45) is 5.38. The number of hydrogen-bond donors (Lipinski definition) is 2. The predicted molar refractivity (Wildman–Crippen MR) is 118 cm³/mol. The number of primary amides is 1. The number of carbonyl (C=O) groups is 1. The van der Waals surface area contributed by atoms with Crippen molar-refractivity contribution in [3.8, 4) is 10.6 Å². The zero-order chi connectivity index (χ0) is 20.5. The highest BCUT2D eigenvalue weighted by Gasteiger charge is 2.14. The minimum atomic E-state index is -0.431. The molecule has 3 N–H and O–H groups in total. The molecule has 1 aliphatic rings. The predicted octanol–water partition coefficient (Wildman–Crippen LogP) is 3.14. The fourth-order valence-corrected chi connectivity index (χ4v) is 4.38. The Kier molecular flexibility index (Phi) is 4.82. The summed E-state index contributed by atoms with van der Waals surface area (Å²) in [5, 5.41) is 3.36. The molecule has 4 heterocycles. The van der Waals surface area contributed by atoms with Crippen LogP contribution in [-0.2, 0) is 4.74 Å². The molecule has 0 radical (unpaired) electrons. The third-order valence-electron chi connectivity index (χ3n) is 5.04. The van der Waals surface area contributed by atoms with E-state index in [1.807, 2.05) is 28.8 Å². The van der Waals surface area contributed by atoms with Crippen LogP contribution in [0.4, 0.5) is 17.2 Å². The number of imidazole rings is 1. The molecular formula is C21H20N6O2S. The fraction of sp³-hybridized carbons (Fsp3) is 0.190. The van der Waals surface area contributed by atoms with E-state index in [9.17, 15) is 4.79 Å². The molecule has 30 heavy (non-hydrogen) atoms. The number of aromatic nitrogens is 3. The lowest BCUT2D eigenvalue weighted by atomic mass is 10.2. The Morgan fingerprint density at radius 2 is 1.90 bits per heavy atom. The van der Waals surface area contributed by atoms with E-state index >= 15 is 0 Å². The minimum Gasteiger partial charge on any atom is -0.378 e. The Hall–Kier alpha value is -3.43. The number of anilines is 3. The van der Waals surface area contributed by atoms with Crippen LogP contribution in [-0.4, -0.2) is 46.6 Å². The lowest BCUT2D eigenvalue weighted by Gasteiger charge is -2.28. The van der Waals surface area contributed by atoms with Crippen LogP contribution in [0.15, 0.2) is 55.0 Å². The van der Waals surface area contributed by atoms with Crippen molar-refractivity contribution in [1.29, 1.82) is 0 Å². The number of morpholine rings is 1. The van der Waals surface area contributed by atoms with Gasteiger partial charge in [-0.2, -0.15) is 0 Å². The van der Waals surface area contributed by atoms with Gasteiger partial charge in [0.25, 0.3) is 5.91 Å². The van der Waals surface area contributed by atoms with Crippen molar-refractivity contribution in [3.05, 3.63) is 59.9 Å². The number of benzene rings is 1. The van der Waals surface area contributed by atoms with Gasteiger partial charge in [-0.1, -0.05) is 0 Å². The summed E-state index contributed by atoms with van der Waals surface area (Å²) in [6.45, 7) is 3.34. The molecule has 5 rings (SSSR count). The van der Waals surface area contributed by atoms with Crippen molar-refractivity contribution < 1.29 is 9.53 Å². The van der Waals surface area contributed by atoms with E-state index in [0.717, 1.165) is 42.6 Å². The second kappa shape index (κ2) is 7.77. The van der Waals surface area contributed by atoms with Gasteiger partial charge in [-0.25, -0.2) is 9.97 Å². The Morgan fingerprint density at radius 1 is 1.10 bits per heavy atom. The van der Waals surface area contributed by atoms with Gasteiger partial charge < -0.3 is 20.7 Å². The monoisotopic (exact) mass is 420 g/mol. The first-order valence-corrected chi connectivity index (χ1v) is 10.4. The largest absolute Gasteiger partial charge is 0.378 e. The number of nitrogens with zero attached hydrogens (tertiary/aromatic N) is 4. The van der Waals surface area contributed by atoms with E-state index < -0.39 is 5.91 Å². The SMILES string of the molecule is NC(=O)c1ccc(-c2cnc(Nc3ccc(N4CCOCC4)cc3)c3nccn23)s1. The highest BCUT2D eigenvalue weighted by molar-refractivity contribution is 7.17. The standard InChI is InChI=1S/C21H20N6O2S/c22-19(28)18-6-5-17(30-18)16-13-24-20(21-23-7-8-27(16)21)25-14-1-3-15(4-2-14)26-9-11-29-12-10-26/h1-8,13H,9-12H2,(H2,22,28)(H,24,25). The highest BCUT2D eigenvalue weighted by atomic mass is 32.1. The van der Waals surface area contributed by atoms with Crippen molar-refractivity contribution in [1.82, 2.24) is 14.4 Å². The number of fused-ring (bicyclic) bond motifs is 1. The van der Waals surface area contributed by atoms with Crippen molar-refractivity contribution >= 4 is 40.1 Å². The molecule has 9 heteroatoms. The topological polar surface area (TPSA) is 97.8 Å². The number of ether oxygens (including phenoxy) is 1. The molecule has 0 aliphatic carbocycles. The fourth-order valence-electron chi connectivity index (χ4n) is 3.51. The Bertz CT molecular complexity index is 1190. The number of carbonyl (C=O) groups excluding carboxylic acids is 1. The lowest BCUT2D eigenvalue weighted by Crippen LogP contribution is -2.36. The van der Waals surface area contributed by atoms with Gasteiger partial charge in [0.05, 0.1) is 34.9 Å². The molecule has 0 atom stereocenters. The van der Waals surface area contributed by atoms with Crippen LogP contribution in [0.25, 0.3) is 16.2 Å². The zero-order valence-electron chi connectivity index (χ0n) is 16.1. The Balaban J connectivity index is 1.41. The molecule has 1 fully saturated rings. The maximum absolute atomic E-state index is 11.4. The third kappa shape index (κ3) is 3.49. The first-order valence-electron chi connectivity index (χ1n) is 9.61. The minimum absolute atomic E-state index is 0.431. The summed E-state index contributed by atoms with van der Waals surface area (Å²) in [7, 11) is 0. The molecule has 0 bridgehead atoms. The quantitative estimate of drug-likeness (QED) is 0.515. The zero-order valence-corrected chi connectivity index (χ0v) is 16.9. The van der Waals surface area contributed by atoms with E-state index in [1.54, 1.807) is 18.5 Å². The van der Waals surface area contributed by atoms with Gasteiger partial charge in [0.2, 0.25) is 0 Å². The van der Waals surface area contributed by atoms with Crippen LogP contribution in [0.2, 0.25) is 0 Å².